The van der Waals surface area contributed by atoms with E-state index in [1.165, 1.54) is 6.20 Å². The van der Waals surface area contributed by atoms with Crippen LogP contribution in [-0.2, 0) is 11.2 Å². The monoisotopic (exact) mass is 317 g/mol. The number of carbonyl (C=O) groups is 1. The topological polar surface area (TPSA) is 64.9 Å². The third-order valence-electron chi connectivity index (χ3n) is 3.77. The third kappa shape index (κ3) is 5.09. The molecule has 0 unspecified atom stereocenters. The summed E-state index contributed by atoms with van der Waals surface area (Å²) in [6, 6.07) is 9.80. The normalized spacial score (nSPS) is 15.4. The van der Waals surface area contributed by atoms with Crippen molar-refractivity contribution in [1.29, 1.82) is 5.26 Å². The number of nitrogens with zero attached hydrogens (tertiary/aromatic N) is 1. The van der Waals surface area contributed by atoms with Crippen LogP contribution in [0, 0.1) is 11.3 Å². The molecule has 0 spiro atoms. The number of nitriles is 1. The molecule has 0 atom stereocenters. The summed E-state index contributed by atoms with van der Waals surface area (Å²) in [5.41, 5.74) is 1.28. The van der Waals surface area contributed by atoms with Gasteiger partial charge < -0.3 is 10.6 Å². The Kier molecular flexibility index (Phi) is 6.29. The van der Waals surface area contributed by atoms with Crippen LogP contribution < -0.4 is 10.6 Å². The van der Waals surface area contributed by atoms with Crippen LogP contribution >= 0.6 is 11.6 Å². The van der Waals surface area contributed by atoms with Gasteiger partial charge in [-0.2, -0.15) is 5.26 Å². The number of rotatable bonds is 6. The Bertz CT molecular complexity index is 569. The van der Waals surface area contributed by atoms with E-state index in [1.54, 1.807) is 0 Å². The Morgan fingerprint density at radius 3 is 2.64 bits per heavy atom. The van der Waals surface area contributed by atoms with Crippen molar-refractivity contribution in [1.82, 2.24) is 10.6 Å². The van der Waals surface area contributed by atoms with Crippen molar-refractivity contribution in [3.63, 3.8) is 0 Å². The molecular formula is C17H20ClN3O. The van der Waals surface area contributed by atoms with Crippen LogP contribution in [0.5, 0.6) is 0 Å². The van der Waals surface area contributed by atoms with Gasteiger partial charge in [-0.3, -0.25) is 4.79 Å². The fourth-order valence-electron chi connectivity index (χ4n) is 2.52. The summed E-state index contributed by atoms with van der Waals surface area (Å²) in [5.74, 6) is -0.284. The van der Waals surface area contributed by atoms with Crippen LogP contribution in [0.15, 0.2) is 36.0 Å². The molecule has 1 aromatic carbocycles. The second-order valence-electron chi connectivity index (χ2n) is 5.46. The number of carbonyl (C=O) groups excluding carboxylic acids is 1. The van der Waals surface area contributed by atoms with Gasteiger partial charge in [0.2, 0.25) is 0 Å². The Hall–Kier alpha value is -1.99. The highest BCUT2D eigenvalue weighted by Gasteiger charge is 2.19. The zero-order valence-electron chi connectivity index (χ0n) is 12.4. The molecule has 0 bridgehead atoms. The second kappa shape index (κ2) is 8.45. The summed E-state index contributed by atoms with van der Waals surface area (Å²) in [7, 11) is 0. The molecule has 22 heavy (non-hydrogen) atoms. The second-order valence-corrected chi connectivity index (χ2v) is 5.89. The van der Waals surface area contributed by atoms with Gasteiger partial charge in [0.15, 0.2) is 0 Å². The first-order chi connectivity index (χ1) is 10.7. The fraction of sp³-hybridized carbons (Fsp3) is 0.412. The number of hydrogen-bond donors (Lipinski definition) is 2. The molecule has 0 aromatic heterocycles. The Balaban J connectivity index is 1.77. The molecule has 0 saturated heterocycles. The van der Waals surface area contributed by atoms with Crippen molar-refractivity contribution in [2.45, 2.75) is 38.1 Å². The molecule has 0 aliphatic heterocycles. The quantitative estimate of drug-likeness (QED) is 0.481. The van der Waals surface area contributed by atoms with Crippen LogP contribution in [0.2, 0.25) is 5.02 Å². The summed E-state index contributed by atoms with van der Waals surface area (Å²) < 4.78 is 0. The van der Waals surface area contributed by atoms with Crippen molar-refractivity contribution in [2.75, 3.05) is 6.54 Å². The maximum atomic E-state index is 12.0. The summed E-state index contributed by atoms with van der Waals surface area (Å²) in [6.45, 7) is 0.656. The van der Waals surface area contributed by atoms with Gasteiger partial charge in [-0.05, 0) is 37.0 Å². The van der Waals surface area contributed by atoms with E-state index in [9.17, 15) is 4.79 Å². The molecule has 1 aliphatic rings. The smallest absolute Gasteiger partial charge is 0.263 e. The summed E-state index contributed by atoms with van der Waals surface area (Å²) in [5, 5.41) is 15.7. The summed E-state index contributed by atoms with van der Waals surface area (Å²) >= 11 is 5.83. The number of amides is 1. The number of benzene rings is 1. The van der Waals surface area contributed by atoms with Gasteiger partial charge >= 0.3 is 0 Å². The molecule has 2 rings (SSSR count). The van der Waals surface area contributed by atoms with Crippen molar-refractivity contribution in [2.24, 2.45) is 0 Å². The lowest BCUT2D eigenvalue weighted by Gasteiger charge is -2.11. The lowest BCUT2D eigenvalue weighted by Crippen LogP contribution is -2.34. The highest BCUT2D eigenvalue weighted by Crippen LogP contribution is 2.17. The SMILES string of the molecule is N#C/C(=C/NCCc1ccc(Cl)cc1)C(=O)NC1CCCC1. The van der Waals surface area contributed by atoms with Crippen LogP contribution in [-0.4, -0.2) is 18.5 Å². The Morgan fingerprint density at radius 1 is 1.32 bits per heavy atom. The first kappa shape index (κ1) is 16.4. The number of nitrogens with one attached hydrogen (secondary N) is 2. The van der Waals surface area contributed by atoms with Crippen molar-refractivity contribution in [3.8, 4) is 6.07 Å². The lowest BCUT2D eigenvalue weighted by atomic mass is 10.1. The Morgan fingerprint density at radius 2 is 2.00 bits per heavy atom. The van der Waals surface area contributed by atoms with Gasteiger partial charge in [0.25, 0.3) is 5.91 Å². The predicted octanol–water partition coefficient (Wildman–Crippen LogP) is 2.94. The largest absolute Gasteiger partial charge is 0.389 e. The molecule has 1 saturated carbocycles. The summed E-state index contributed by atoms with van der Waals surface area (Å²) in [4.78, 5) is 12.0. The third-order valence-corrected chi connectivity index (χ3v) is 4.03. The molecule has 0 heterocycles. The first-order valence-corrected chi connectivity index (χ1v) is 7.96. The van der Waals surface area contributed by atoms with E-state index in [-0.39, 0.29) is 17.5 Å². The highest BCUT2D eigenvalue weighted by atomic mass is 35.5. The van der Waals surface area contributed by atoms with Crippen LogP contribution in [0.3, 0.4) is 0 Å². The molecule has 4 nitrogen and oxygen atoms in total. The number of hydrogen-bond acceptors (Lipinski definition) is 3. The van der Waals surface area contributed by atoms with Gasteiger partial charge in [-0.15, -0.1) is 0 Å². The minimum absolute atomic E-state index is 0.128. The lowest BCUT2D eigenvalue weighted by molar-refractivity contribution is -0.117. The molecule has 2 N–H and O–H groups in total. The zero-order chi connectivity index (χ0) is 15.8. The molecular weight excluding hydrogens is 298 g/mol. The Labute approximate surface area is 136 Å². The highest BCUT2D eigenvalue weighted by molar-refractivity contribution is 6.30. The van der Waals surface area contributed by atoms with E-state index in [4.69, 9.17) is 16.9 Å². The van der Waals surface area contributed by atoms with Gasteiger partial charge in [0.1, 0.15) is 11.6 Å². The predicted molar refractivity (Wildman–Crippen MR) is 87.3 cm³/mol. The van der Waals surface area contributed by atoms with Crippen molar-refractivity contribution in [3.05, 3.63) is 46.6 Å². The van der Waals surface area contributed by atoms with E-state index in [2.05, 4.69) is 10.6 Å². The molecule has 1 amide bonds. The molecule has 1 fully saturated rings. The van der Waals surface area contributed by atoms with Gasteiger partial charge in [-0.1, -0.05) is 36.6 Å². The maximum absolute atomic E-state index is 12.0. The summed E-state index contributed by atoms with van der Waals surface area (Å²) in [6.07, 6.45) is 6.62. The molecule has 1 aliphatic carbocycles. The minimum Gasteiger partial charge on any atom is -0.389 e. The van der Waals surface area contributed by atoms with E-state index in [0.29, 0.717) is 11.6 Å². The fourth-order valence-corrected chi connectivity index (χ4v) is 2.65. The van der Waals surface area contributed by atoms with E-state index in [0.717, 1.165) is 37.7 Å². The van der Waals surface area contributed by atoms with E-state index < -0.39 is 0 Å². The average Bonchev–Trinajstić information content (AvgIpc) is 3.02. The molecule has 116 valence electrons. The van der Waals surface area contributed by atoms with Crippen LogP contribution in [0.4, 0.5) is 0 Å². The van der Waals surface area contributed by atoms with Crippen molar-refractivity contribution >= 4 is 17.5 Å². The van der Waals surface area contributed by atoms with Gasteiger partial charge in [-0.25, -0.2) is 0 Å². The molecule has 1 aromatic rings. The zero-order valence-corrected chi connectivity index (χ0v) is 13.2. The average molecular weight is 318 g/mol. The molecule has 0 radical (unpaired) electrons. The standard InChI is InChI=1S/C17H20ClN3O/c18-15-7-5-13(6-8-15)9-10-20-12-14(11-19)17(22)21-16-3-1-2-4-16/h5-8,12,16,20H,1-4,9-10H2,(H,21,22)/b14-12-. The van der Waals surface area contributed by atoms with Crippen molar-refractivity contribution < 1.29 is 4.79 Å². The number of halogens is 1. The minimum atomic E-state index is -0.284. The maximum Gasteiger partial charge on any atom is 0.263 e. The van der Waals surface area contributed by atoms with E-state index in [1.807, 2.05) is 30.3 Å². The van der Waals surface area contributed by atoms with Crippen LogP contribution in [0.1, 0.15) is 31.2 Å². The molecule has 5 heteroatoms. The van der Waals surface area contributed by atoms with Gasteiger partial charge in [0, 0.05) is 23.8 Å². The van der Waals surface area contributed by atoms with Gasteiger partial charge in [0.05, 0.1) is 0 Å². The van der Waals surface area contributed by atoms with Crippen LogP contribution in [0.25, 0.3) is 0 Å². The van der Waals surface area contributed by atoms with E-state index >= 15 is 0 Å². The first-order valence-electron chi connectivity index (χ1n) is 7.58.